The fourth-order valence-corrected chi connectivity index (χ4v) is 2.28. The maximum atomic E-state index is 11.8. The Morgan fingerprint density at radius 2 is 1.44 bits per heavy atom. The fraction of sp³-hybridized carbons (Fsp3) is 0.933. The van der Waals surface area contributed by atoms with Gasteiger partial charge < -0.3 is 10.1 Å². The second kappa shape index (κ2) is 8.52. The first-order chi connectivity index (χ1) is 8.27. The predicted molar refractivity (Wildman–Crippen MR) is 76.5 cm³/mol. The third kappa shape index (κ3) is 7.00. The number of nitrogens with one attached hydrogen (secondary N) is 1. The Morgan fingerprint density at radius 3 is 1.72 bits per heavy atom. The van der Waals surface area contributed by atoms with Gasteiger partial charge in [-0.05, 0) is 30.6 Å². The van der Waals surface area contributed by atoms with Gasteiger partial charge in [-0.15, -0.1) is 0 Å². The molecule has 3 heteroatoms. The molecule has 108 valence electrons. The summed E-state index contributed by atoms with van der Waals surface area (Å²) in [5, 5.41) is 3.49. The zero-order valence-corrected chi connectivity index (χ0v) is 13.1. The van der Waals surface area contributed by atoms with E-state index in [-0.39, 0.29) is 17.9 Å². The summed E-state index contributed by atoms with van der Waals surface area (Å²) in [6.45, 7) is 13.0. The Balaban J connectivity index is 4.63. The van der Waals surface area contributed by atoms with Crippen molar-refractivity contribution in [2.45, 2.75) is 66.5 Å². The number of ether oxygens (including phenoxy) is 1. The van der Waals surface area contributed by atoms with Crippen LogP contribution in [0.15, 0.2) is 0 Å². The van der Waals surface area contributed by atoms with Crippen LogP contribution in [0.2, 0.25) is 0 Å². The molecule has 0 saturated carbocycles. The van der Waals surface area contributed by atoms with Crippen molar-refractivity contribution in [3.63, 3.8) is 0 Å². The molecular formula is C15H31NO2. The first kappa shape index (κ1) is 17.4. The standard InChI is InChI=1S/C15H31NO2/c1-10(2)8-13(9-11(3)4)16-14(12(5)6)15(17)18-7/h10-14,16H,8-9H2,1-7H3/t14-/m1/s1. The van der Waals surface area contributed by atoms with Crippen LogP contribution in [0, 0.1) is 17.8 Å². The van der Waals surface area contributed by atoms with Crippen LogP contribution < -0.4 is 5.32 Å². The molecule has 0 aromatic carbocycles. The molecule has 1 N–H and O–H groups in total. The lowest BCUT2D eigenvalue weighted by Crippen LogP contribution is -2.47. The molecule has 0 aliphatic carbocycles. The average Bonchev–Trinajstić information content (AvgIpc) is 2.22. The first-order valence-corrected chi connectivity index (χ1v) is 7.11. The van der Waals surface area contributed by atoms with Crippen LogP contribution in [-0.4, -0.2) is 25.2 Å². The first-order valence-electron chi connectivity index (χ1n) is 7.11. The van der Waals surface area contributed by atoms with E-state index in [4.69, 9.17) is 4.74 Å². The van der Waals surface area contributed by atoms with Crippen LogP contribution in [0.25, 0.3) is 0 Å². The molecule has 0 unspecified atom stereocenters. The van der Waals surface area contributed by atoms with E-state index in [0.717, 1.165) is 12.8 Å². The molecular weight excluding hydrogens is 226 g/mol. The number of carbonyl (C=O) groups excluding carboxylic acids is 1. The number of rotatable bonds is 8. The highest BCUT2D eigenvalue weighted by atomic mass is 16.5. The summed E-state index contributed by atoms with van der Waals surface area (Å²) in [5.41, 5.74) is 0. The monoisotopic (exact) mass is 257 g/mol. The summed E-state index contributed by atoms with van der Waals surface area (Å²) >= 11 is 0. The third-order valence-electron chi connectivity index (χ3n) is 3.05. The Labute approximate surface area is 113 Å². The van der Waals surface area contributed by atoms with Gasteiger partial charge in [0.15, 0.2) is 0 Å². The molecule has 0 aliphatic heterocycles. The molecule has 0 bridgehead atoms. The summed E-state index contributed by atoms with van der Waals surface area (Å²) in [6, 6.07) is 0.189. The average molecular weight is 257 g/mol. The van der Waals surface area contributed by atoms with Crippen LogP contribution in [-0.2, 0) is 9.53 Å². The third-order valence-corrected chi connectivity index (χ3v) is 3.05. The zero-order chi connectivity index (χ0) is 14.3. The maximum Gasteiger partial charge on any atom is 0.323 e. The van der Waals surface area contributed by atoms with E-state index in [2.05, 4.69) is 46.9 Å². The van der Waals surface area contributed by atoms with E-state index < -0.39 is 0 Å². The van der Waals surface area contributed by atoms with E-state index >= 15 is 0 Å². The quantitative estimate of drug-likeness (QED) is 0.678. The van der Waals surface area contributed by atoms with Gasteiger partial charge in [0.2, 0.25) is 0 Å². The lowest BCUT2D eigenvalue weighted by atomic mass is 9.93. The summed E-state index contributed by atoms with van der Waals surface area (Å²) < 4.78 is 4.88. The van der Waals surface area contributed by atoms with Gasteiger partial charge in [0.25, 0.3) is 0 Å². The van der Waals surface area contributed by atoms with Crippen LogP contribution in [0.4, 0.5) is 0 Å². The van der Waals surface area contributed by atoms with Gasteiger partial charge in [0.05, 0.1) is 7.11 Å². The molecule has 0 rings (SSSR count). The number of hydrogen-bond acceptors (Lipinski definition) is 3. The minimum atomic E-state index is -0.197. The highest BCUT2D eigenvalue weighted by Crippen LogP contribution is 2.16. The van der Waals surface area contributed by atoms with Gasteiger partial charge in [-0.2, -0.15) is 0 Å². The van der Waals surface area contributed by atoms with E-state index in [1.54, 1.807) is 0 Å². The van der Waals surface area contributed by atoms with Crippen LogP contribution >= 0.6 is 0 Å². The summed E-state index contributed by atoms with van der Waals surface area (Å²) in [5.74, 6) is 1.36. The smallest absolute Gasteiger partial charge is 0.323 e. The molecule has 0 aromatic rings. The van der Waals surface area contributed by atoms with Crippen molar-refractivity contribution in [3.05, 3.63) is 0 Å². The Morgan fingerprint density at radius 1 is 1.00 bits per heavy atom. The molecule has 18 heavy (non-hydrogen) atoms. The van der Waals surface area contributed by atoms with Gasteiger partial charge >= 0.3 is 5.97 Å². The Hall–Kier alpha value is -0.570. The molecule has 0 radical (unpaired) electrons. The molecule has 0 aliphatic rings. The fourth-order valence-electron chi connectivity index (χ4n) is 2.28. The molecule has 0 amide bonds. The largest absolute Gasteiger partial charge is 0.468 e. The lowest BCUT2D eigenvalue weighted by Gasteiger charge is -2.28. The van der Waals surface area contributed by atoms with Gasteiger partial charge in [-0.3, -0.25) is 4.79 Å². The molecule has 0 spiro atoms. The zero-order valence-electron chi connectivity index (χ0n) is 13.1. The second-order valence-corrected chi connectivity index (χ2v) is 6.37. The van der Waals surface area contributed by atoms with Gasteiger partial charge in [0.1, 0.15) is 6.04 Å². The number of esters is 1. The highest BCUT2D eigenvalue weighted by Gasteiger charge is 2.26. The van der Waals surface area contributed by atoms with Crippen molar-refractivity contribution in [3.8, 4) is 0 Å². The molecule has 0 fully saturated rings. The Bertz CT molecular complexity index is 227. The number of methoxy groups -OCH3 is 1. The molecule has 0 aromatic heterocycles. The van der Waals surface area contributed by atoms with Crippen molar-refractivity contribution in [1.82, 2.24) is 5.32 Å². The molecule has 3 nitrogen and oxygen atoms in total. The van der Waals surface area contributed by atoms with Crippen LogP contribution in [0.3, 0.4) is 0 Å². The predicted octanol–water partition coefficient (Wildman–Crippen LogP) is 3.23. The van der Waals surface area contributed by atoms with Crippen molar-refractivity contribution >= 4 is 5.97 Å². The summed E-state index contributed by atoms with van der Waals surface area (Å²) in [4.78, 5) is 11.8. The molecule has 0 heterocycles. The van der Waals surface area contributed by atoms with E-state index in [0.29, 0.717) is 17.9 Å². The maximum absolute atomic E-state index is 11.8. The van der Waals surface area contributed by atoms with E-state index in [1.165, 1.54) is 7.11 Å². The van der Waals surface area contributed by atoms with E-state index in [1.807, 2.05) is 0 Å². The molecule has 1 atom stereocenters. The minimum Gasteiger partial charge on any atom is -0.468 e. The number of hydrogen-bond donors (Lipinski definition) is 1. The summed E-state index contributed by atoms with van der Waals surface area (Å²) in [7, 11) is 1.46. The molecule has 0 saturated heterocycles. The SMILES string of the molecule is COC(=O)[C@H](NC(CC(C)C)CC(C)C)C(C)C. The van der Waals surface area contributed by atoms with E-state index in [9.17, 15) is 4.79 Å². The van der Waals surface area contributed by atoms with Crippen molar-refractivity contribution in [2.75, 3.05) is 7.11 Å². The normalized spacial score (nSPS) is 13.7. The topological polar surface area (TPSA) is 38.3 Å². The van der Waals surface area contributed by atoms with Crippen LogP contribution in [0.1, 0.15) is 54.4 Å². The Kier molecular flexibility index (Phi) is 8.25. The minimum absolute atomic E-state index is 0.150. The second-order valence-electron chi connectivity index (χ2n) is 6.37. The lowest BCUT2D eigenvalue weighted by molar-refractivity contribution is -0.144. The van der Waals surface area contributed by atoms with Crippen molar-refractivity contribution < 1.29 is 9.53 Å². The van der Waals surface area contributed by atoms with Gasteiger partial charge in [0, 0.05) is 6.04 Å². The number of carbonyl (C=O) groups is 1. The van der Waals surface area contributed by atoms with Crippen molar-refractivity contribution in [2.24, 2.45) is 17.8 Å². The van der Waals surface area contributed by atoms with Gasteiger partial charge in [-0.25, -0.2) is 0 Å². The van der Waals surface area contributed by atoms with Crippen molar-refractivity contribution in [1.29, 1.82) is 0 Å². The summed E-state index contributed by atoms with van der Waals surface area (Å²) in [6.07, 6.45) is 2.19. The highest BCUT2D eigenvalue weighted by molar-refractivity contribution is 5.75. The van der Waals surface area contributed by atoms with Gasteiger partial charge in [-0.1, -0.05) is 41.5 Å². The van der Waals surface area contributed by atoms with Crippen LogP contribution in [0.5, 0.6) is 0 Å².